The number of hydrogen-bond acceptors (Lipinski definition) is 7. The minimum Gasteiger partial charge on any atom is -0.454 e. The minimum atomic E-state index is -0.975. The van der Waals surface area contributed by atoms with Crippen molar-refractivity contribution in [1.29, 1.82) is 0 Å². The summed E-state index contributed by atoms with van der Waals surface area (Å²) in [5, 5.41) is 4.11. The molecule has 5 rings (SSSR count). The van der Waals surface area contributed by atoms with Crippen LogP contribution in [0.5, 0.6) is 0 Å². The molecule has 1 aliphatic rings. The number of nitrogens with one attached hydrogen (secondary N) is 1. The van der Waals surface area contributed by atoms with Gasteiger partial charge in [0, 0.05) is 12.2 Å². The summed E-state index contributed by atoms with van der Waals surface area (Å²) in [6, 6.07) is 5.72. The molecule has 1 aliphatic carbocycles. The van der Waals surface area contributed by atoms with Crippen LogP contribution in [0.2, 0.25) is 0 Å². The van der Waals surface area contributed by atoms with Gasteiger partial charge in [-0.1, -0.05) is 6.07 Å². The van der Waals surface area contributed by atoms with Gasteiger partial charge in [-0.3, -0.25) is 14.3 Å². The van der Waals surface area contributed by atoms with Crippen molar-refractivity contribution in [1.82, 2.24) is 29.3 Å². The van der Waals surface area contributed by atoms with Crippen LogP contribution in [-0.2, 0) is 4.74 Å². The molecule has 0 radical (unpaired) electrons. The second kappa shape index (κ2) is 7.52. The summed E-state index contributed by atoms with van der Waals surface area (Å²) in [7, 11) is 0. The molecule has 1 unspecified atom stereocenters. The van der Waals surface area contributed by atoms with Crippen LogP contribution in [0.4, 0.5) is 4.39 Å². The first-order chi connectivity index (χ1) is 15.4. The zero-order chi connectivity index (χ0) is 22.4. The first-order valence-electron chi connectivity index (χ1n) is 9.93. The molecule has 10 nitrogen and oxygen atoms in total. The van der Waals surface area contributed by atoms with E-state index >= 15 is 0 Å². The average Bonchev–Trinajstić information content (AvgIpc) is 3.44. The first-order valence-corrected chi connectivity index (χ1v) is 9.93. The lowest BCUT2D eigenvalue weighted by Crippen LogP contribution is -2.30. The van der Waals surface area contributed by atoms with Gasteiger partial charge >= 0.3 is 11.7 Å². The number of H-pyrrole nitrogens is 1. The van der Waals surface area contributed by atoms with Crippen molar-refractivity contribution in [3.8, 4) is 5.69 Å². The number of aromatic amines is 1. The Bertz CT molecular complexity index is 1460. The van der Waals surface area contributed by atoms with Crippen LogP contribution in [0.15, 0.2) is 52.7 Å². The third-order valence-corrected chi connectivity index (χ3v) is 5.31. The fraction of sp³-hybridized carbons (Fsp3) is 0.238. The second-order valence-electron chi connectivity index (χ2n) is 7.52. The van der Waals surface area contributed by atoms with Crippen LogP contribution < -0.4 is 11.2 Å². The summed E-state index contributed by atoms with van der Waals surface area (Å²) in [5.41, 5.74) is -0.436. The third kappa shape index (κ3) is 3.37. The van der Waals surface area contributed by atoms with Crippen LogP contribution in [0.25, 0.3) is 16.7 Å². The van der Waals surface area contributed by atoms with Crippen molar-refractivity contribution < 1.29 is 13.9 Å². The molecule has 162 valence electrons. The predicted molar refractivity (Wildman–Crippen MR) is 110 cm³/mol. The van der Waals surface area contributed by atoms with Crippen LogP contribution >= 0.6 is 0 Å². The van der Waals surface area contributed by atoms with E-state index in [4.69, 9.17) is 4.74 Å². The largest absolute Gasteiger partial charge is 0.454 e. The zero-order valence-electron chi connectivity index (χ0n) is 16.9. The highest BCUT2D eigenvalue weighted by molar-refractivity contribution is 5.93. The lowest BCUT2D eigenvalue weighted by Gasteiger charge is -2.18. The number of esters is 1. The number of fused-ring (bicyclic) bond motifs is 1. The molecule has 0 saturated heterocycles. The number of carbonyl (C=O) groups excluding carboxylic acids is 1. The fourth-order valence-electron chi connectivity index (χ4n) is 3.67. The van der Waals surface area contributed by atoms with Crippen LogP contribution in [0.1, 0.15) is 47.8 Å². The van der Waals surface area contributed by atoms with E-state index in [2.05, 4.69) is 20.1 Å². The maximum absolute atomic E-state index is 14.6. The summed E-state index contributed by atoms with van der Waals surface area (Å²) in [6.45, 7) is 1.53. The number of aromatic nitrogens is 6. The van der Waals surface area contributed by atoms with Gasteiger partial charge in [0.25, 0.3) is 5.56 Å². The maximum Gasteiger partial charge on any atom is 0.340 e. The Hall–Kier alpha value is -4.15. The summed E-state index contributed by atoms with van der Waals surface area (Å²) >= 11 is 0. The van der Waals surface area contributed by atoms with Crippen LogP contribution in [0, 0.1) is 5.82 Å². The smallest absolute Gasteiger partial charge is 0.340 e. The molecular weight excluding hydrogens is 419 g/mol. The van der Waals surface area contributed by atoms with Gasteiger partial charge in [-0.05, 0) is 38.0 Å². The fourth-order valence-corrected chi connectivity index (χ4v) is 3.67. The van der Waals surface area contributed by atoms with Gasteiger partial charge in [-0.2, -0.15) is 5.10 Å². The minimum absolute atomic E-state index is 0.00879. The number of ether oxygens (including phenoxy) is 1. The highest BCUT2D eigenvalue weighted by atomic mass is 19.1. The number of halogens is 1. The molecule has 1 fully saturated rings. The van der Waals surface area contributed by atoms with Gasteiger partial charge in [0.1, 0.15) is 30.2 Å². The summed E-state index contributed by atoms with van der Waals surface area (Å²) in [6.07, 6.45) is 4.63. The van der Waals surface area contributed by atoms with Crippen molar-refractivity contribution in [2.24, 2.45) is 0 Å². The van der Waals surface area contributed by atoms with E-state index in [0.717, 1.165) is 12.8 Å². The van der Waals surface area contributed by atoms with E-state index in [1.54, 1.807) is 6.07 Å². The summed E-state index contributed by atoms with van der Waals surface area (Å²) in [5.74, 6) is -1.36. The molecule has 0 amide bonds. The maximum atomic E-state index is 14.6. The van der Waals surface area contributed by atoms with Gasteiger partial charge in [-0.15, -0.1) is 0 Å². The Kier molecular flexibility index (Phi) is 4.65. The third-order valence-electron chi connectivity index (χ3n) is 5.31. The molecule has 1 saturated carbocycles. The quantitative estimate of drug-likeness (QED) is 0.475. The number of benzene rings is 1. The van der Waals surface area contributed by atoms with E-state index in [0.29, 0.717) is 5.69 Å². The molecule has 3 aromatic heterocycles. The Morgan fingerprint density at radius 3 is 2.84 bits per heavy atom. The van der Waals surface area contributed by atoms with Gasteiger partial charge in [0.2, 0.25) is 0 Å². The first kappa shape index (κ1) is 19.8. The molecule has 32 heavy (non-hydrogen) atoms. The standard InChI is InChI=1S/C21H17FN6O4/c1-11(17-15(22)3-2-4-16(17)27-10-23-9-25-27)32-20(30)12-7-14-18(24-8-12)28(13-5-6-13)21(31)26-19(14)29/h2-4,7-11,13H,5-6H2,1H3,(H,26,29,31). The highest BCUT2D eigenvalue weighted by Gasteiger charge is 2.28. The van der Waals surface area contributed by atoms with Crippen molar-refractivity contribution >= 4 is 17.0 Å². The molecule has 0 spiro atoms. The predicted octanol–water partition coefficient (Wildman–Crippen LogP) is 2.06. The van der Waals surface area contributed by atoms with Crippen LogP contribution in [0.3, 0.4) is 0 Å². The molecule has 0 aliphatic heterocycles. The number of carbonyl (C=O) groups is 1. The Balaban J connectivity index is 1.49. The second-order valence-corrected chi connectivity index (χ2v) is 7.52. The average molecular weight is 436 g/mol. The number of nitrogens with zero attached hydrogens (tertiary/aromatic N) is 5. The monoisotopic (exact) mass is 436 g/mol. The van der Waals surface area contributed by atoms with Crippen molar-refractivity contribution in [3.63, 3.8) is 0 Å². The lowest BCUT2D eigenvalue weighted by atomic mass is 10.1. The molecular formula is C21H17FN6O4. The van der Waals surface area contributed by atoms with Crippen molar-refractivity contribution in [2.45, 2.75) is 31.9 Å². The lowest BCUT2D eigenvalue weighted by molar-refractivity contribution is 0.0331. The summed E-state index contributed by atoms with van der Waals surface area (Å²) in [4.78, 5) is 47.6. The van der Waals surface area contributed by atoms with E-state index < -0.39 is 29.1 Å². The molecule has 4 aromatic rings. The Labute approximate surface area is 179 Å². The highest BCUT2D eigenvalue weighted by Crippen LogP contribution is 2.34. The molecule has 11 heteroatoms. The molecule has 0 bridgehead atoms. The zero-order valence-corrected chi connectivity index (χ0v) is 16.9. The van der Waals surface area contributed by atoms with E-state index in [-0.39, 0.29) is 28.2 Å². The van der Waals surface area contributed by atoms with Crippen molar-refractivity contribution in [2.75, 3.05) is 0 Å². The van der Waals surface area contributed by atoms with E-state index in [9.17, 15) is 18.8 Å². The Morgan fingerprint density at radius 2 is 2.12 bits per heavy atom. The van der Waals surface area contributed by atoms with Crippen molar-refractivity contribution in [3.05, 3.63) is 80.9 Å². The normalized spacial score (nSPS) is 14.4. The SMILES string of the molecule is CC(OC(=O)c1cnc2c(c1)c(=O)[nH]c(=O)n2C1CC1)c1c(F)cccc1-n1cncn1. The number of rotatable bonds is 5. The number of pyridine rings is 1. The van der Waals surface area contributed by atoms with E-state index in [1.807, 2.05) is 0 Å². The molecule has 1 atom stereocenters. The topological polar surface area (TPSA) is 125 Å². The Morgan fingerprint density at radius 1 is 1.31 bits per heavy atom. The molecule has 1 aromatic carbocycles. The van der Waals surface area contributed by atoms with Gasteiger partial charge in [0.05, 0.1) is 22.2 Å². The van der Waals surface area contributed by atoms with Gasteiger partial charge in [0.15, 0.2) is 0 Å². The molecule has 3 heterocycles. The van der Waals surface area contributed by atoms with Gasteiger partial charge < -0.3 is 4.74 Å². The molecule has 1 N–H and O–H groups in total. The van der Waals surface area contributed by atoms with Crippen LogP contribution in [-0.4, -0.2) is 35.3 Å². The van der Waals surface area contributed by atoms with Gasteiger partial charge in [-0.25, -0.2) is 28.6 Å². The number of hydrogen-bond donors (Lipinski definition) is 1. The van der Waals surface area contributed by atoms with E-state index in [1.165, 1.54) is 53.2 Å². The summed E-state index contributed by atoms with van der Waals surface area (Å²) < 4.78 is 22.9.